The van der Waals surface area contributed by atoms with E-state index >= 15 is 0 Å². The molecule has 3 rings (SSSR count). The Morgan fingerprint density at radius 3 is 2.90 bits per heavy atom. The summed E-state index contributed by atoms with van der Waals surface area (Å²) in [5.74, 6) is -1.28. The van der Waals surface area contributed by atoms with E-state index in [4.69, 9.17) is 5.41 Å². The average Bonchev–Trinajstić information content (AvgIpc) is 2.51. The zero-order valence-corrected chi connectivity index (χ0v) is 10.7. The molecular formula is C14H10FN5O. The predicted octanol–water partition coefficient (Wildman–Crippen LogP) is 1.43. The largest absolute Gasteiger partial charge is 0.282 e. The van der Waals surface area contributed by atoms with Crippen molar-refractivity contribution in [2.24, 2.45) is 0 Å². The van der Waals surface area contributed by atoms with Gasteiger partial charge in [0.05, 0.1) is 17.3 Å². The third-order valence-electron chi connectivity index (χ3n) is 2.95. The highest BCUT2D eigenvalue weighted by Gasteiger charge is 2.11. The van der Waals surface area contributed by atoms with Crippen molar-refractivity contribution < 1.29 is 9.18 Å². The molecule has 0 radical (unpaired) electrons. The second-order valence-corrected chi connectivity index (χ2v) is 4.28. The number of fused-ring (bicyclic) bond motifs is 1. The van der Waals surface area contributed by atoms with E-state index in [0.717, 1.165) is 4.68 Å². The molecule has 0 aliphatic heterocycles. The molecule has 6 nitrogen and oxygen atoms in total. The van der Waals surface area contributed by atoms with E-state index in [0.29, 0.717) is 10.9 Å². The van der Waals surface area contributed by atoms with Gasteiger partial charge in [-0.3, -0.25) is 20.6 Å². The molecule has 0 spiro atoms. The first kappa shape index (κ1) is 12.9. The number of halogens is 1. The molecule has 104 valence electrons. The Morgan fingerprint density at radius 2 is 2.10 bits per heavy atom. The number of rotatable bonds is 2. The zero-order chi connectivity index (χ0) is 14.8. The van der Waals surface area contributed by atoms with Gasteiger partial charge in [-0.15, -0.1) is 0 Å². The summed E-state index contributed by atoms with van der Waals surface area (Å²) in [6.07, 6.45) is 4.34. The second kappa shape index (κ2) is 5.12. The van der Waals surface area contributed by atoms with Gasteiger partial charge in [0.1, 0.15) is 12.1 Å². The maximum atomic E-state index is 13.6. The number of hydrogen-bond acceptors (Lipinski definition) is 4. The van der Waals surface area contributed by atoms with Crippen LogP contribution in [0.4, 0.5) is 4.39 Å². The van der Waals surface area contributed by atoms with Crippen molar-refractivity contribution in [2.45, 2.75) is 0 Å². The molecule has 1 amide bonds. The van der Waals surface area contributed by atoms with E-state index in [9.17, 15) is 9.18 Å². The van der Waals surface area contributed by atoms with Crippen LogP contribution >= 0.6 is 0 Å². The van der Waals surface area contributed by atoms with E-state index in [2.05, 4.69) is 15.4 Å². The Hall–Kier alpha value is -3.09. The Bertz CT molecular complexity index is 890. The number of amides is 1. The quantitative estimate of drug-likeness (QED) is 0.746. The molecule has 0 saturated carbocycles. The van der Waals surface area contributed by atoms with Crippen molar-refractivity contribution in [2.75, 3.05) is 5.43 Å². The third kappa shape index (κ3) is 2.36. The van der Waals surface area contributed by atoms with E-state index in [1.807, 2.05) is 0 Å². The van der Waals surface area contributed by atoms with Gasteiger partial charge < -0.3 is 0 Å². The SMILES string of the molecule is N=c1c2ccncc2ncn1NC(=O)c1ccccc1F. The summed E-state index contributed by atoms with van der Waals surface area (Å²) in [5, 5.41) is 8.56. The van der Waals surface area contributed by atoms with E-state index in [-0.39, 0.29) is 11.1 Å². The fourth-order valence-corrected chi connectivity index (χ4v) is 1.90. The van der Waals surface area contributed by atoms with Gasteiger partial charge in [-0.1, -0.05) is 12.1 Å². The summed E-state index contributed by atoms with van der Waals surface area (Å²) >= 11 is 0. The van der Waals surface area contributed by atoms with Gasteiger partial charge in [-0.25, -0.2) is 14.1 Å². The van der Waals surface area contributed by atoms with Crippen LogP contribution in [0.5, 0.6) is 0 Å². The molecule has 1 aromatic carbocycles. The van der Waals surface area contributed by atoms with Crippen LogP contribution in [0.3, 0.4) is 0 Å². The molecular weight excluding hydrogens is 273 g/mol. The van der Waals surface area contributed by atoms with Crippen molar-refractivity contribution in [1.29, 1.82) is 5.41 Å². The van der Waals surface area contributed by atoms with Gasteiger partial charge in [-0.2, -0.15) is 0 Å². The summed E-state index contributed by atoms with van der Waals surface area (Å²) in [7, 11) is 0. The lowest BCUT2D eigenvalue weighted by Crippen LogP contribution is -2.33. The van der Waals surface area contributed by atoms with Crippen molar-refractivity contribution in [3.63, 3.8) is 0 Å². The maximum absolute atomic E-state index is 13.6. The highest BCUT2D eigenvalue weighted by Crippen LogP contribution is 2.06. The normalized spacial score (nSPS) is 10.5. The van der Waals surface area contributed by atoms with E-state index in [1.54, 1.807) is 12.1 Å². The first-order valence-corrected chi connectivity index (χ1v) is 6.08. The molecule has 2 N–H and O–H groups in total. The van der Waals surface area contributed by atoms with Crippen LogP contribution in [0.2, 0.25) is 0 Å². The molecule has 0 aliphatic rings. The van der Waals surface area contributed by atoms with Gasteiger partial charge in [0.15, 0.2) is 5.49 Å². The minimum atomic E-state index is -0.651. The third-order valence-corrected chi connectivity index (χ3v) is 2.95. The van der Waals surface area contributed by atoms with Gasteiger partial charge in [-0.05, 0) is 18.2 Å². The molecule has 2 aromatic heterocycles. The number of aromatic nitrogens is 3. The first-order chi connectivity index (χ1) is 10.2. The summed E-state index contributed by atoms with van der Waals surface area (Å²) < 4.78 is 14.7. The van der Waals surface area contributed by atoms with Crippen LogP contribution in [0, 0.1) is 11.2 Å². The number of carbonyl (C=O) groups is 1. The van der Waals surface area contributed by atoms with Gasteiger partial charge in [0.25, 0.3) is 5.91 Å². The number of carbonyl (C=O) groups excluding carboxylic acids is 1. The van der Waals surface area contributed by atoms with E-state index < -0.39 is 11.7 Å². The smallest absolute Gasteiger partial charge is 0.273 e. The Kier molecular flexibility index (Phi) is 3.15. The number of pyridine rings is 1. The molecule has 3 aromatic rings. The number of nitrogens with zero attached hydrogens (tertiary/aromatic N) is 3. The molecule has 0 fully saturated rings. The first-order valence-electron chi connectivity index (χ1n) is 6.08. The minimum absolute atomic E-state index is 0.0343. The Morgan fingerprint density at radius 1 is 1.29 bits per heavy atom. The van der Waals surface area contributed by atoms with Crippen LogP contribution in [0.1, 0.15) is 10.4 Å². The number of hydrogen-bond donors (Lipinski definition) is 2. The molecule has 7 heteroatoms. The summed E-state index contributed by atoms with van der Waals surface area (Å²) in [4.78, 5) is 20.0. The molecule has 2 heterocycles. The fraction of sp³-hybridized carbons (Fsp3) is 0. The molecule has 0 bridgehead atoms. The topological polar surface area (TPSA) is 83.7 Å². The number of benzene rings is 1. The molecule has 0 aliphatic carbocycles. The summed E-state index contributed by atoms with van der Waals surface area (Å²) in [6.45, 7) is 0. The van der Waals surface area contributed by atoms with Crippen LogP contribution in [-0.4, -0.2) is 20.6 Å². The Labute approximate surface area is 118 Å². The monoisotopic (exact) mass is 283 g/mol. The van der Waals surface area contributed by atoms with Crippen LogP contribution in [-0.2, 0) is 0 Å². The van der Waals surface area contributed by atoms with Gasteiger partial charge >= 0.3 is 0 Å². The molecule has 0 saturated heterocycles. The average molecular weight is 283 g/mol. The predicted molar refractivity (Wildman–Crippen MR) is 73.5 cm³/mol. The summed E-state index contributed by atoms with van der Waals surface area (Å²) in [5.41, 5.74) is 2.90. The lowest BCUT2D eigenvalue weighted by Gasteiger charge is -2.10. The maximum Gasteiger partial charge on any atom is 0.273 e. The van der Waals surface area contributed by atoms with Crippen molar-refractivity contribution in [1.82, 2.24) is 14.6 Å². The standard InChI is InChI=1S/C14H10FN5O/c15-11-4-2-1-3-9(11)14(21)19-20-8-18-12-7-17-6-5-10(12)13(20)16/h1-8,16H,(H,19,21). The van der Waals surface area contributed by atoms with Gasteiger partial charge in [0, 0.05) is 11.6 Å². The van der Waals surface area contributed by atoms with E-state index in [1.165, 1.54) is 36.9 Å². The van der Waals surface area contributed by atoms with Gasteiger partial charge in [0.2, 0.25) is 0 Å². The molecule has 0 unspecified atom stereocenters. The lowest BCUT2D eigenvalue weighted by atomic mass is 10.2. The zero-order valence-electron chi connectivity index (χ0n) is 10.7. The highest BCUT2D eigenvalue weighted by molar-refractivity contribution is 6.00. The van der Waals surface area contributed by atoms with Crippen molar-refractivity contribution in [3.8, 4) is 0 Å². The Balaban J connectivity index is 1.99. The second-order valence-electron chi connectivity index (χ2n) is 4.28. The van der Waals surface area contributed by atoms with Crippen molar-refractivity contribution >= 4 is 16.8 Å². The minimum Gasteiger partial charge on any atom is -0.282 e. The highest BCUT2D eigenvalue weighted by atomic mass is 19.1. The molecule has 21 heavy (non-hydrogen) atoms. The molecule has 0 atom stereocenters. The number of nitrogens with one attached hydrogen (secondary N) is 2. The lowest BCUT2D eigenvalue weighted by molar-refractivity contribution is 0.100. The summed E-state index contributed by atoms with van der Waals surface area (Å²) in [6, 6.07) is 7.25. The van der Waals surface area contributed by atoms with Crippen LogP contribution in [0.15, 0.2) is 49.1 Å². The van der Waals surface area contributed by atoms with Crippen LogP contribution < -0.4 is 10.9 Å². The fourth-order valence-electron chi connectivity index (χ4n) is 1.90. The van der Waals surface area contributed by atoms with Crippen molar-refractivity contribution in [3.05, 3.63) is 65.9 Å². The van der Waals surface area contributed by atoms with Crippen LogP contribution in [0.25, 0.3) is 10.9 Å².